The van der Waals surface area contributed by atoms with Gasteiger partial charge >= 0.3 is 6.01 Å². The number of anilines is 2. The van der Waals surface area contributed by atoms with Gasteiger partial charge in [-0.15, -0.1) is 0 Å². The summed E-state index contributed by atoms with van der Waals surface area (Å²) in [6.07, 6.45) is 3.29. The summed E-state index contributed by atoms with van der Waals surface area (Å²) >= 11 is 0. The summed E-state index contributed by atoms with van der Waals surface area (Å²) in [6, 6.07) is 8.19. The lowest BCUT2D eigenvalue weighted by atomic mass is 9.72. The van der Waals surface area contributed by atoms with Gasteiger partial charge in [0.15, 0.2) is 5.69 Å². The molecule has 2 N–H and O–H groups in total. The van der Waals surface area contributed by atoms with Crippen molar-refractivity contribution in [1.82, 2.24) is 29.5 Å². The number of rotatable bonds is 5. The van der Waals surface area contributed by atoms with Crippen molar-refractivity contribution in [3.63, 3.8) is 0 Å². The Kier molecular flexibility index (Phi) is 7.81. The van der Waals surface area contributed by atoms with Gasteiger partial charge in [0.2, 0.25) is 0 Å². The van der Waals surface area contributed by atoms with Crippen LogP contribution in [0, 0.1) is 11.3 Å². The highest BCUT2D eigenvalue weighted by Crippen LogP contribution is 2.48. The summed E-state index contributed by atoms with van der Waals surface area (Å²) in [7, 11) is 5.34. The van der Waals surface area contributed by atoms with Crippen LogP contribution in [0.3, 0.4) is 0 Å². The second-order valence-corrected chi connectivity index (χ2v) is 13.2. The minimum atomic E-state index is -0.880. The maximum atomic E-state index is 14.1. The van der Waals surface area contributed by atoms with Crippen molar-refractivity contribution in [3.05, 3.63) is 57.5 Å². The Labute approximate surface area is 267 Å². The van der Waals surface area contributed by atoms with E-state index in [1.807, 2.05) is 34.8 Å². The molecule has 2 aromatic heterocycles. The molecule has 13 heteroatoms. The Balaban J connectivity index is 1.27. The first-order valence-corrected chi connectivity index (χ1v) is 16.0. The summed E-state index contributed by atoms with van der Waals surface area (Å²) in [6.45, 7) is 2.80. The van der Waals surface area contributed by atoms with Crippen LogP contribution < -0.4 is 15.4 Å². The number of nitrogen functional groups attached to an aromatic ring is 1. The molecule has 0 bridgehead atoms. The number of fused-ring (bicyclic) bond motifs is 4. The Morgan fingerprint density at radius 1 is 1.28 bits per heavy atom. The lowest BCUT2D eigenvalue weighted by Gasteiger charge is -2.43. The van der Waals surface area contributed by atoms with Gasteiger partial charge in [-0.2, -0.15) is 20.3 Å². The fraction of sp³-hybridized carbons (Fsp3) is 0.545. The molecule has 0 radical (unpaired) electrons. The second-order valence-electron chi connectivity index (χ2n) is 13.2. The van der Waals surface area contributed by atoms with E-state index in [0.29, 0.717) is 56.0 Å². The van der Waals surface area contributed by atoms with Gasteiger partial charge in [0, 0.05) is 63.0 Å². The summed E-state index contributed by atoms with van der Waals surface area (Å²) < 4.78 is 29.1. The van der Waals surface area contributed by atoms with Gasteiger partial charge in [-0.25, -0.2) is 4.39 Å². The van der Waals surface area contributed by atoms with Crippen molar-refractivity contribution in [2.75, 3.05) is 51.5 Å². The zero-order chi connectivity index (χ0) is 32.2. The van der Waals surface area contributed by atoms with Crippen LogP contribution in [0.2, 0.25) is 0 Å². The zero-order valence-corrected chi connectivity index (χ0v) is 26.6. The van der Waals surface area contributed by atoms with Crippen molar-refractivity contribution >= 4 is 17.4 Å². The van der Waals surface area contributed by atoms with Gasteiger partial charge in [-0.05, 0) is 56.8 Å². The van der Waals surface area contributed by atoms with Crippen LogP contribution in [0.5, 0.6) is 6.01 Å². The first kappa shape index (κ1) is 30.4. The van der Waals surface area contributed by atoms with Crippen LogP contribution in [0.25, 0.3) is 0 Å². The number of likely N-dealkylation sites (N-methyl/N-ethyl adjacent to an activating group) is 1. The topological polar surface area (TPSA) is 139 Å². The molecule has 7 rings (SSSR count). The van der Waals surface area contributed by atoms with Gasteiger partial charge < -0.3 is 25.0 Å². The Bertz CT molecular complexity index is 1720. The van der Waals surface area contributed by atoms with Crippen molar-refractivity contribution in [2.24, 2.45) is 0 Å². The third-order valence-electron chi connectivity index (χ3n) is 9.90. The van der Waals surface area contributed by atoms with Crippen molar-refractivity contribution in [2.45, 2.75) is 76.0 Å². The number of nitriles is 1. The number of carbonyl (C=O) groups excluding carboxylic acids is 1. The van der Waals surface area contributed by atoms with E-state index in [4.69, 9.17) is 25.2 Å². The number of likely N-dealkylation sites (tertiary alicyclic amines) is 1. The standard InChI is InChI=1S/C33H40FN9O3/c1-40(2)31(44)27-13-22-17-42(10-5-11-43(22)39-27)30-25-19-46-33(9-4-6-20-7-8-26(36)24(15-35)29(20)33)14-28(25)37-32(38-30)45-18-23-12-21(34)16-41(23)3/h7-8,13,21,23H,4-6,9-12,14,16-19,36H2,1-3H3/t21-,23+,33?/m1/s1. The molecule has 3 aromatic rings. The summed E-state index contributed by atoms with van der Waals surface area (Å²) in [5, 5.41) is 14.7. The third-order valence-corrected chi connectivity index (χ3v) is 9.90. The molecule has 242 valence electrons. The van der Waals surface area contributed by atoms with Crippen molar-refractivity contribution in [1.29, 1.82) is 5.26 Å². The SMILES string of the molecule is CN(C)C(=O)c1cc2n(n1)CCCN(c1nc(OC[C@@H]3C[C@@H](F)CN3C)nc3c1COC1(CCCc4ccc(N)c(C#N)c41)C3)C2. The molecule has 3 atom stereocenters. The highest BCUT2D eigenvalue weighted by molar-refractivity contribution is 5.92. The molecule has 0 saturated carbocycles. The number of halogens is 1. The van der Waals surface area contributed by atoms with E-state index in [2.05, 4.69) is 16.1 Å². The van der Waals surface area contributed by atoms with E-state index in [1.165, 1.54) is 4.90 Å². The van der Waals surface area contributed by atoms with Crippen LogP contribution in [0.4, 0.5) is 15.9 Å². The molecule has 12 nitrogen and oxygen atoms in total. The van der Waals surface area contributed by atoms with E-state index in [1.54, 1.807) is 14.1 Å². The van der Waals surface area contributed by atoms with Crippen molar-refractivity contribution < 1.29 is 18.7 Å². The van der Waals surface area contributed by atoms with Gasteiger partial charge in [-0.1, -0.05) is 6.07 Å². The summed E-state index contributed by atoms with van der Waals surface area (Å²) in [5.41, 5.74) is 11.5. The van der Waals surface area contributed by atoms with Crippen LogP contribution in [-0.4, -0.2) is 88.5 Å². The molecule has 1 fully saturated rings. The number of nitrogens with zero attached hydrogens (tertiary/aromatic N) is 8. The molecule has 1 aromatic carbocycles. The Hall–Kier alpha value is -4.28. The number of aromatic nitrogens is 4. The first-order chi connectivity index (χ1) is 22.2. The molecule has 1 spiro atoms. The molecular formula is C33H40FN9O3. The van der Waals surface area contributed by atoms with Crippen LogP contribution in [0.1, 0.15) is 69.8 Å². The normalized spacial score (nSPS) is 24.1. The van der Waals surface area contributed by atoms with Gasteiger partial charge in [0.25, 0.3) is 5.91 Å². The molecule has 1 aliphatic carbocycles. The minimum Gasteiger partial charge on any atom is -0.462 e. The monoisotopic (exact) mass is 629 g/mol. The van der Waals surface area contributed by atoms with Gasteiger partial charge in [0.1, 0.15) is 30.3 Å². The summed E-state index contributed by atoms with van der Waals surface area (Å²) in [4.78, 5) is 28.3. The van der Waals surface area contributed by atoms with E-state index in [0.717, 1.165) is 59.6 Å². The molecule has 46 heavy (non-hydrogen) atoms. The first-order valence-electron chi connectivity index (χ1n) is 16.0. The quantitative estimate of drug-likeness (QED) is 0.419. The lowest BCUT2D eigenvalue weighted by Crippen LogP contribution is -2.41. The number of benzene rings is 1. The smallest absolute Gasteiger partial charge is 0.318 e. The average molecular weight is 630 g/mol. The highest BCUT2D eigenvalue weighted by Gasteiger charge is 2.45. The fourth-order valence-electron chi connectivity index (χ4n) is 7.52. The molecule has 1 unspecified atom stereocenters. The van der Waals surface area contributed by atoms with Crippen LogP contribution in [-0.2, 0) is 42.9 Å². The van der Waals surface area contributed by atoms with E-state index >= 15 is 0 Å². The number of nitrogens with two attached hydrogens (primary N) is 1. The largest absolute Gasteiger partial charge is 0.462 e. The van der Waals surface area contributed by atoms with E-state index < -0.39 is 11.8 Å². The van der Waals surface area contributed by atoms with Crippen LogP contribution in [0.15, 0.2) is 18.2 Å². The molecular weight excluding hydrogens is 589 g/mol. The fourth-order valence-corrected chi connectivity index (χ4v) is 7.52. The second kappa shape index (κ2) is 11.8. The number of carbonyl (C=O) groups is 1. The summed E-state index contributed by atoms with van der Waals surface area (Å²) in [5.74, 6) is 0.579. The molecule has 5 heterocycles. The highest BCUT2D eigenvalue weighted by atomic mass is 19.1. The molecule has 4 aliphatic rings. The molecule has 1 amide bonds. The Morgan fingerprint density at radius 2 is 2.13 bits per heavy atom. The minimum absolute atomic E-state index is 0.0701. The lowest BCUT2D eigenvalue weighted by molar-refractivity contribution is -0.0856. The zero-order valence-electron chi connectivity index (χ0n) is 26.6. The number of aryl methyl sites for hydroxylation is 2. The van der Waals surface area contributed by atoms with Crippen LogP contribution >= 0.6 is 0 Å². The van der Waals surface area contributed by atoms with E-state index in [-0.39, 0.29) is 31.2 Å². The maximum Gasteiger partial charge on any atom is 0.318 e. The number of hydrogen-bond acceptors (Lipinski definition) is 10. The molecule has 3 aliphatic heterocycles. The Morgan fingerprint density at radius 3 is 2.89 bits per heavy atom. The van der Waals surface area contributed by atoms with Gasteiger partial charge in [-0.3, -0.25) is 14.4 Å². The van der Waals surface area contributed by atoms with E-state index in [9.17, 15) is 14.4 Å². The predicted molar refractivity (Wildman–Crippen MR) is 168 cm³/mol. The number of ether oxygens (including phenoxy) is 2. The maximum absolute atomic E-state index is 14.1. The average Bonchev–Trinajstić information content (AvgIpc) is 3.52. The van der Waals surface area contributed by atoms with Crippen molar-refractivity contribution in [3.8, 4) is 12.1 Å². The number of amides is 1. The van der Waals surface area contributed by atoms with Gasteiger partial charge in [0.05, 0.1) is 30.1 Å². The number of alkyl halides is 1. The number of hydrogen-bond donors (Lipinski definition) is 1. The predicted octanol–water partition coefficient (Wildman–Crippen LogP) is 2.96. The third kappa shape index (κ3) is 5.33. The molecule has 1 saturated heterocycles.